The van der Waals surface area contributed by atoms with Crippen LogP contribution in [0.4, 0.5) is 0 Å². The molecule has 1 saturated heterocycles. The summed E-state index contributed by atoms with van der Waals surface area (Å²) in [5.74, 6) is 0.267. The maximum atomic E-state index is 12.0. The Morgan fingerprint density at radius 2 is 1.78 bits per heavy atom. The summed E-state index contributed by atoms with van der Waals surface area (Å²) in [5, 5.41) is -0.604. The van der Waals surface area contributed by atoms with E-state index in [-0.39, 0.29) is 36.3 Å². The molecule has 1 rings (SSSR count). The first-order valence-electron chi connectivity index (χ1n) is 5.83. The minimum absolute atomic E-state index is 0.0442. The first-order valence-corrected chi connectivity index (χ1v) is 9.73. The maximum absolute atomic E-state index is 12.0. The van der Waals surface area contributed by atoms with Gasteiger partial charge >= 0.3 is 0 Å². The molecule has 18 heavy (non-hydrogen) atoms. The molecule has 108 valence electrons. The molecular weight excluding hydrogens is 298 g/mol. The first-order chi connectivity index (χ1) is 8.08. The van der Waals surface area contributed by atoms with Crippen LogP contribution in [-0.4, -0.2) is 46.0 Å². The van der Waals surface area contributed by atoms with E-state index in [1.165, 1.54) is 0 Å². The fourth-order valence-corrected chi connectivity index (χ4v) is 5.21. The molecule has 0 aliphatic carbocycles. The molecule has 1 fully saturated rings. The van der Waals surface area contributed by atoms with Crippen LogP contribution in [0.5, 0.6) is 0 Å². The number of halogens is 1. The molecule has 0 saturated carbocycles. The summed E-state index contributed by atoms with van der Waals surface area (Å²) in [4.78, 5) is 0. The van der Waals surface area contributed by atoms with E-state index in [9.17, 15) is 16.8 Å². The van der Waals surface area contributed by atoms with Crippen molar-refractivity contribution >= 4 is 31.5 Å². The Kier molecular flexibility index (Phi) is 5.08. The van der Waals surface area contributed by atoms with Crippen molar-refractivity contribution in [3.05, 3.63) is 0 Å². The zero-order valence-corrected chi connectivity index (χ0v) is 13.0. The molecule has 1 aliphatic heterocycles. The standard InChI is InChI=1S/C10H20ClNO4S2/c1-10(2,7-11)8-12-18(15,16)9-3-5-17(13,14)6-4-9/h9,12H,3-8H2,1-2H3. The minimum atomic E-state index is -3.45. The van der Waals surface area contributed by atoms with Crippen LogP contribution in [0.1, 0.15) is 26.7 Å². The number of alkyl halides is 1. The van der Waals surface area contributed by atoms with Crippen molar-refractivity contribution in [2.24, 2.45) is 5.41 Å². The fraction of sp³-hybridized carbons (Fsp3) is 1.00. The molecule has 1 aliphatic rings. The smallest absolute Gasteiger partial charge is 0.214 e. The van der Waals surface area contributed by atoms with Crippen LogP contribution in [0.15, 0.2) is 0 Å². The number of hydrogen-bond acceptors (Lipinski definition) is 4. The molecule has 5 nitrogen and oxygen atoms in total. The summed E-state index contributed by atoms with van der Waals surface area (Å²) < 4.78 is 49.1. The second-order valence-electron chi connectivity index (χ2n) is 5.52. The normalized spacial score (nSPS) is 21.9. The van der Waals surface area contributed by atoms with Crippen molar-refractivity contribution < 1.29 is 16.8 Å². The molecule has 0 bridgehead atoms. The monoisotopic (exact) mass is 317 g/mol. The Balaban J connectivity index is 2.61. The van der Waals surface area contributed by atoms with Gasteiger partial charge in [-0.25, -0.2) is 21.6 Å². The number of rotatable bonds is 5. The Labute approximate surface area is 114 Å². The van der Waals surface area contributed by atoms with E-state index in [2.05, 4.69) is 4.72 Å². The molecule has 1 heterocycles. The SMILES string of the molecule is CC(C)(CCl)CNS(=O)(=O)C1CCS(=O)(=O)CC1. The molecule has 0 aromatic carbocycles. The molecule has 0 spiro atoms. The molecule has 0 radical (unpaired) electrons. The van der Waals surface area contributed by atoms with Crippen molar-refractivity contribution in [2.75, 3.05) is 23.9 Å². The molecule has 1 N–H and O–H groups in total. The lowest BCUT2D eigenvalue weighted by molar-refractivity contribution is 0.411. The molecule has 0 atom stereocenters. The Morgan fingerprint density at radius 3 is 2.22 bits per heavy atom. The number of sulfonamides is 1. The average Bonchev–Trinajstić information content (AvgIpc) is 2.26. The Hall–Kier alpha value is 0.150. The zero-order valence-electron chi connectivity index (χ0n) is 10.6. The highest BCUT2D eigenvalue weighted by Gasteiger charge is 2.33. The predicted molar refractivity (Wildman–Crippen MR) is 73.1 cm³/mol. The third-order valence-corrected chi connectivity index (χ3v) is 7.39. The largest absolute Gasteiger partial charge is 0.229 e. The molecule has 0 unspecified atom stereocenters. The highest BCUT2D eigenvalue weighted by Crippen LogP contribution is 2.20. The van der Waals surface area contributed by atoms with E-state index in [1.807, 2.05) is 13.8 Å². The maximum Gasteiger partial charge on any atom is 0.214 e. The van der Waals surface area contributed by atoms with Gasteiger partial charge in [-0.3, -0.25) is 0 Å². The second kappa shape index (κ2) is 5.64. The van der Waals surface area contributed by atoms with Gasteiger partial charge in [0.05, 0.1) is 16.8 Å². The number of hydrogen-bond donors (Lipinski definition) is 1. The van der Waals surface area contributed by atoms with Gasteiger partial charge in [0.25, 0.3) is 0 Å². The van der Waals surface area contributed by atoms with Gasteiger partial charge in [0.15, 0.2) is 0 Å². The van der Waals surface area contributed by atoms with Crippen molar-refractivity contribution in [3.63, 3.8) is 0 Å². The third kappa shape index (κ3) is 4.68. The Bertz CT molecular complexity index is 470. The summed E-state index contributed by atoms with van der Waals surface area (Å²) in [7, 11) is -6.49. The summed E-state index contributed by atoms with van der Waals surface area (Å²) in [6.45, 7) is 4.00. The van der Waals surface area contributed by atoms with E-state index >= 15 is 0 Å². The van der Waals surface area contributed by atoms with Crippen LogP contribution in [0.2, 0.25) is 0 Å². The zero-order chi connectivity index (χ0) is 14.0. The highest BCUT2D eigenvalue weighted by molar-refractivity contribution is 7.92. The van der Waals surface area contributed by atoms with E-state index in [0.717, 1.165) is 0 Å². The minimum Gasteiger partial charge on any atom is -0.229 e. The van der Waals surface area contributed by atoms with Crippen LogP contribution in [0.25, 0.3) is 0 Å². The summed E-state index contributed by atoms with van der Waals surface area (Å²) in [6.07, 6.45) is 0.359. The first kappa shape index (κ1) is 16.2. The van der Waals surface area contributed by atoms with Crippen LogP contribution in [0.3, 0.4) is 0 Å². The van der Waals surface area contributed by atoms with Crippen LogP contribution >= 0.6 is 11.6 Å². The summed E-state index contributed by atoms with van der Waals surface area (Å²) in [5.41, 5.74) is -0.310. The van der Waals surface area contributed by atoms with Crippen molar-refractivity contribution in [2.45, 2.75) is 31.9 Å². The van der Waals surface area contributed by atoms with Gasteiger partial charge in [-0.05, 0) is 18.3 Å². The number of sulfone groups is 1. The lowest BCUT2D eigenvalue weighted by Gasteiger charge is -2.26. The lowest BCUT2D eigenvalue weighted by atomic mass is 9.97. The van der Waals surface area contributed by atoms with Gasteiger partial charge in [0, 0.05) is 12.4 Å². The molecule has 0 aromatic heterocycles. The van der Waals surface area contributed by atoms with E-state index in [0.29, 0.717) is 5.88 Å². The molecular formula is C10H20ClNO4S2. The van der Waals surface area contributed by atoms with Crippen molar-refractivity contribution in [3.8, 4) is 0 Å². The molecule has 8 heteroatoms. The van der Waals surface area contributed by atoms with E-state index < -0.39 is 25.1 Å². The second-order valence-corrected chi connectivity index (χ2v) is 10.1. The van der Waals surface area contributed by atoms with Gasteiger partial charge < -0.3 is 0 Å². The van der Waals surface area contributed by atoms with E-state index in [4.69, 9.17) is 11.6 Å². The summed E-state index contributed by atoms with van der Waals surface area (Å²) in [6, 6.07) is 0. The summed E-state index contributed by atoms with van der Waals surface area (Å²) >= 11 is 5.73. The fourth-order valence-electron chi connectivity index (χ4n) is 1.64. The van der Waals surface area contributed by atoms with Gasteiger partial charge in [-0.15, -0.1) is 11.6 Å². The highest BCUT2D eigenvalue weighted by atomic mass is 35.5. The van der Waals surface area contributed by atoms with Crippen LogP contribution in [-0.2, 0) is 19.9 Å². The van der Waals surface area contributed by atoms with Crippen molar-refractivity contribution in [1.82, 2.24) is 4.72 Å². The van der Waals surface area contributed by atoms with Gasteiger partial charge in [-0.2, -0.15) is 0 Å². The van der Waals surface area contributed by atoms with Crippen LogP contribution < -0.4 is 4.72 Å². The van der Waals surface area contributed by atoms with Gasteiger partial charge in [-0.1, -0.05) is 13.8 Å². The molecule has 0 amide bonds. The van der Waals surface area contributed by atoms with Gasteiger partial charge in [0.2, 0.25) is 10.0 Å². The predicted octanol–water partition coefficient (Wildman–Crippen LogP) is 0.748. The number of nitrogens with one attached hydrogen (secondary N) is 1. The third-order valence-electron chi connectivity index (χ3n) is 3.05. The lowest BCUT2D eigenvalue weighted by Crippen LogP contribution is -2.43. The van der Waals surface area contributed by atoms with E-state index in [1.54, 1.807) is 0 Å². The molecule has 0 aromatic rings. The quantitative estimate of drug-likeness (QED) is 0.759. The van der Waals surface area contributed by atoms with Crippen molar-refractivity contribution in [1.29, 1.82) is 0 Å². The van der Waals surface area contributed by atoms with Gasteiger partial charge in [0.1, 0.15) is 9.84 Å². The average molecular weight is 318 g/mol. The topological polar surface area (TPSA) is 80.3 Å². The Morgan fingerprint density at radius 1 is 1.28 bits per heavy atom. The van der Waals surface area contributed by atoms with Crippen LogP contribution in [0, 0.1) is 5.41 Å².